The van der Waals surface area contributed by atoms with Gasteiger partial charge in [0.2, 0.25) is 0 Å². The van der Waals surface area contributed by atoms with Crippen LogP contribution in [0.2, 0.25) is 0 Å². The summed E-state index contributed by atoms with van der Waals surface area (Å²) in [5.41, 5.74) is 2.15. The molecule has 3 aromatic rings. The zero-order chi connectivity index (χ0) is 17.5. The van der Waals surface area contributed by atoms with E-state index in [1.807, 2.05) is 29.5 Å². The smallest absolute Gasteiger partial charge is 0.191 e. The van der Waals surface area contributed by atoms with E-state index >= 15 is 0 Å². The summed E-state index contributed by atoms with van der Waals surface area (Å²) < 4.78 is 0. The summed E-state index contributed by atoms with van der Waals surface area (Å²) in [5, 5.41) is 9.79. The molecule has 0 atom stereocenters. The van der Waals surface area contributed by atoms with Crippen LogP contribution < -0.4 is 10.6 Å². The highest BCUT2D eigenvalue weighted by molar-refractivity contribution is 7.13. The Kier molecular flexibility index (Phi) is 6.19. The first-order chi connectivity index (χ1) is 12.2. The van der Waals surface area contributed by atoms with E-state index in [0.717, 1.165) is 35.3 Å². The Morgan fingerprint density at radius 2 is 1.96 bits per heavy atom. The monoisotopic (exact) mass is 370 g/mol. The van der Waals surface area contributed by atoms with Crippen LogP contribution in [0.3, 0.4) is 0 Å². The van der Waals surface area contributed by atoms with Crippen molar-refractivity contribution in [2.75, 3.05) is 6.54 Å². The number of benzene rings is 1. The fourth-order valence-corrected chi connectivity index (χ4v) is 3.99. The summed E-state index contributed by atoms with van der Waals surface area (Å²) in [6.07, 6.45) is 0. The Hall–Kier alpha value is -2.18. The zero-order valence-electron chi connectivity index (χ0n) is 14.5. The van der Waals surface area contributed by atoms with Crippen LogP contribution in [-0.2, 0) is 13.1 Å². The number of nitrogens with one attached hydrogen (secondary N) is 2. The van der Waals surface area contributed by atoms with Crippen molar-refractivity contribution in [2.45, 2.75) is 26.9 Å². The summed E-state index contributed by atoms with van der Waals surface area (Å²) in [4.78, 5) is 12.0. The van der Waals surface area contributed by atoms with Gasteiger partial charge in [0.1, 0.15) is 5.01 Å². The van der Waals surface area contributed by atoms with Crippen molar-refractivity contribution >= 4 is 28.6 Å². The van der Waals surface area contributed by atoms with Gasteiger partial charge in [-0.3, -0.25) is 0 Å². The molecule has 0 aliphatic heterocycles. The third-order valence-electron chi connectivity index (χ3n) is 3.54. The lowest BCUT2D eigenvalue weighted by Gasteiger charge is -2.09. The lowest BCUT2D eigenvalue weighted by Crippen LogP contribution is -2.36. The van der Waals surface area contributed by atoms with E-state index in [2.05, 4.69) is 59.1 Å². The molecule has 3 rings (SSSR count). The fraction of sp³-hybridized carbons (Fsp3) is 0.263. The lowest BCUT2D eigenvalue weighted by atomic mass is 10.2. The normalized spacial score (nSPS) is 11.5. The van der Waals surface area contributed by atoms with E-state index in [9.17, 15) is 0 Å². The third kappa shape index (κ3) is 5.14. The first-order valence-corrected chi connectivity index (χ1v) is 10.0. The first-order valence-electron chi connectivity index (χ1n) is 8.32. The standard InChI is InChI=1S/C19H22N4S2/c1-3-20-19(22-12-17-10-9-14(2)25-17)21-11-16-13-24-18(23-16)15-7-5-4-6-8-15/h4-10,13H,3,11-12H2,1-2H3,(H2,20,21,22). The largest absolute Gasteiger partial charge is 0.357 e. The van der Waals surface area contributed by atoms with Crippen LogP contribution in [0.4, 0.5) is 0 Å². The van der Waals surface area contributed by atoms with Gasteiger partial charge < -0.3 is 10.6 Å². The summed E-state index contributed by atoms with van der Waals surface area (Å²) >= 11 is 3.47. The number of nitrogens with zero attached hydrogens (tertiary/aromatic N) is 2. The minimum absolute atomic E-state index is 0.572. The number of guanidine groups is 1. The van der Waals surface area contributed by atoms with Crippen molar-refractivity contribution in [3.8, 4) is 10.6 Å². The average molecular weight is 371 g/mol. The Morgan fingerprint density at radius 1 is 1.12 bits per heavy atom. The summed E-state index contributed by atoms with van der Waals surface area (Å²) in [5.74, 6) is 0.822. The molecule has 0 aliphatic carbocycles. The second-order valence-electron chi connectivity index (χ2n) is 5.57. The molecule has 2 heterocycles. The zero-order valence-corrected chi connectivity index (χ0v) is 16.1. The van der Waals surface area contributed by atoms with Gasteiger partial charge in [-0.05, 0) is 26.0 Å². The number of hydrogen-bond acceptors (Lipinski definition) is 4. The molecule has 130 valence electrons. The predicted molar refractivity (Wildman–Crippen MR) is 108 cm³/mol. The first kappa shape index (κ1) is 17.6. The van der Waals surface area contributed by atoms with Crippen molar-refractivity contribution in [1.82, 2.24) is 15.6 Å². The van der Waals surface area contributed by atoms with Gasteiger partial charge in [-0.15, -0.1) is 22.7 Å². The van der Waals surface area contributed by atoms with Crippen molar-refractivity contribution in [3.05, 3.63) is 63.3 Å². The number of rotatable bonds is 6. The Labute approximate surface area is 156 Å². The molecule has 0 bridgehead atoms. The topological polar surface area (TPSA) is 49.3 Å². The summed E-state index contributed by atoms with van der Waals surface area (Å²) in [7, 11) is 0. The number of aromatic nitrogens is 1. The van der Waals surface area contributed by atoms with Gasteiger partial charge in [-0.25, -0.2) is 9.98 Å². The Bertz CT molecular complexity index is 821. The number of thiophene rings is 1. The highest BCUT2D eigenvalue weighted by atomic mass is 32.1. The van der Waals surface area contributed by atoms with Gasteiger partial charge in [0.25, 0.3) is 0 Å². The minimum atomic E-state index is 0.572. The van der Waals surface area contributed by atoms with Crippen LogP contribution in [0.5, 0.6) is 0 Å². The predicted octanol–water partition coefficient (Wildman–Crippen LogP) is 4.44. The van der Waals surface area contributed by atoms with Crippen molar-refractivity contribution in [1.29, 1.82) is 0 Å². The van der Waals surface area contributed by atoms with Crippen LogP contribution in [-0.4, -0.2) is 17.5 Å². The van der Waals surface area contributed by atoms with Crippen LogP contribution in [0.1, 0.15) is 22.4 Å². The molecule has 0 spiro atoms. The van der Waals surface area contributed by atoms with E-state index in [0.29, 0.717) is 6.54 Å². The van der Waals surface area contributed by atoms with Crippen LogP contribution in [0, 0.1) is 6.92 Å². The van der Waals surface area contributed by atoms with E-state index in [1.54, 1.807) is 11.3 Å². The maximum absolute atomic E-state index is 4.69. The highest BCUT2D eigenvalue weighted by Gasteiger charge is 2.05. The van der Waals surface area contributed by atoms with Crippen LogP contribution in [0.15, 0.2) is 52.8 Å². The maximum Gasteiger partial charge on any atom is 0.191 e. The molecule has 2 N–H and O–H groups in total. The van der Waals surface area contributed by atoms with Gasteiger partial charge in [-0.2, -0.15) is 0 Å². The molecular weight excluding hydrogens is 348 g/mol. The van der Waals surface area contributed by atoms with Gasteiger partial charge in [0.05, 0.1) is 18.8 Å². The second-order valence-corrected chi connectivity index (χ2v) is 7.80. The lowest BCUT2D eigenvalue weighted by molar-refractivity contribution is 0.820. The molecule has 0 fully saturated rings. The molecule has 2 aromatic heterocycles. The molecule has 25 heavy (non-hydrogen) atoms. The number of aryl methyl sites for hydroxylation is 1. The minimum Gasteiger partial charge on any atom is -0.357 e. The third-order valence-corrected chi connectivity index (χ3v) is 5.48. The molecule has 4 nitrogen and oxygen atoms in total. The molecule has 0 saturated heterocycles. The SMILES string of the molecule is CCNC(=NCc1csc(-c2ccccc2)n1)NCc1ccc(C)s1. The van der Waals surface area contributed by atoms with Crippen LogP contribution >= 0.6 is 22.7 Å². The van der Waals surface area contributed by atoms with Gasteiger partial charge in [0, 0.05) is 27.2 Å². The van der Waals surface area contributed by atoms with Gasteiger partial charge >= 0.3 is 0 Å². The average Bonchev–Trinajstić information content (AvgIpc) is 3.27. The molecule has 6 heteroatoms. The van der Waals surface area contributed by atoms with Gasteiger partial charge in [-0.1, -0.05) is 30.3 Å². The molecule has 0 unspecified atom stereocenters. The fourth-order valence-electron chi connectivity index (χ4n) is 2.35. The Morgan fingerprint density at radius 3 is 2.68 bits per heavy atom. The quantitative estimate of drug-likeness (QED) is 0.498. The van der Waals surface area contributed by atoms with Crippen LogP contribution in [0.25, 0.3) is 10.6 Å². The molecular formula is C19H22N4S2. The molecule has 0 amide bonds. The number of aliphatic imine (C=N–C) groups is 1. The van der Waals surface area contributed by atoms with Crippen molar-refractivity contribution in [3.63, 3.8) is 0 Å². The molecule has 1 aromatic carbocycles. The summed E-state index contributed by atoms with van der Waals surface area (Å²) in [6, 6.07) is 14.6. The van der Waals surface area contributed by atoms with Crippen molar-refractivity contribution in [2.24, 2.45) is 4.99 Å². The number of thiazole rings is 1. The van der Waals surface area contributed by atoms with E-state index in [-0.39, 0.29) is 0 Å². The molecule has 0 radical (unpaired) electrons. The highest BCUT2D eigenvalue weighted by Crippen LogP contribution is 2.23. The molecule has 0 saturated carbocycles. The summed E-state index contributed by atoms with van der Waals surface area (Å²) in [6.45, 7) is 6.39. The second kappa shape index (κ2) is 8.78. The van der Waals surface area contributed by atoms with E-state index < -0.39 is 0 Å². The maximum atomic E-state index is 4.69. The van der Waals surface area contributed by atoms with Crippen molar-refractivity contribution < 1.29 is 0 Å². The Balaban J connectivity index is 1.62. The number of hydrogen-bond donors (Lipinski definition) is 2. The van der Waals surface area contributed by atoms with Gasteiger partial charge in [0.15, 0.2) is 5.96 Å². The van der Waals surface area contributed by atoms with E-state index in [1.165, 1.54) is 9.75 Å². The molecule has 0 aliphatic rings. The van der Waals surface area contributed by atoms with E-state index in [4.69, 9.17) is 4.98 Å².